The molecule has 2 aliphatic heterocycles. The van der Waals surface area contributed by atoms with E-state index < -0.39 is 0 Å². The van der Waals surface area contributed by atoms with Crippen LogP contribution in [0.5, 0.6) is 0 Å². The zero-order valence-corrected chi connectivity index (χ0v) is 14.8. The Bertz CT molecular complexity index is 1000. The monoisotopic (exact) mass is 347 g/mol. The second-order valence-electron chi connectivity index (χ2n) is 7.00. The normalized spacial score (nSPS) is 17.2. The Balaban J connectivity index is 1.48. The van der Waals surface area contributed by atoms with Gasteiger partial charge in [-0.25, -0.2) is 0 Å². The lowest BCUT2D eigenvalue weighted by atomic mass is 10.1. The van der Waals surface area contributed by atoms with Gasteiger partial charge in [-0.3, -0.25) is 4.79 Å². The Morgan fingerprint density at radius 2 is 1.77 bits per heavy atom. The van der Waals surface area contributed by atoms with Gasteiger partial charge in [0, 0.05) is 48.8 Å². The molecule has 1 amide bonds. The molecule has 1 saturated heterocycles. The Kier molecular flexibility index (Phi) is 3.50. The number of ether oxygens (including phenoxy) is 1. The third-order valence-corrected chi connectivity index (χ3v) is 5.46. The predicted molar refractivity (Wildman–Crippen MR) is 103 cm³/mol. The van der Waals surface area contributed by atoms with E-state index in [0.717, 1.165) is 54.3 Å². The third-order valence-electron chi connectivity index (χ3n) is 5.46. The maximum atomic E-state index is 13.1. The van der Waals surface area contributed by atoms with Crippen LogP contribution in [0, 0.1) is 0 Å². The summed E-state index contributed by atoms with van der Waals surface area (Å²) in [7, 11) is 2.03. The van der Waals surface area contributed by atoms with Crippen molar-refractivity contribution in [3.8, 4) is 0 Å². The highest BCUT2D eigenvalue weighted by atomic mass is 16.5. The zero-order chi connectivity index (χ0) is 17.7. The molecule has 3 aromatic rings. The molecule has 0 unspecified atom stereocenters. The van der Waals surface area contributed by atoms with Crippen molar-refractivity contribution in [2.75, 3.05) is 36.1 Å². The summed E-state index contributed by atoms with van der Waals surface area (Å²) in [6.45, 7) is 3.87. The number of anilines is 2. The van der Waals surface area contributed by atoms with Gasteiger partial charge < -0.3 is 19.1 Å². The van der Waals surface area contributed by atoms with Crippen molar-refractivity contribution in [1.82, 2.24) is 4.57 Å². The van der Waals surface area contributed by atoms with Crippen LogP contribution in [0.3, 0.4) is 0 Å². The van der Waals surface area contributed by atoms with E-state index in [-0.39, 0.29) is 5.91 Å². The van der Waals surface area contributed by atoms with Crippen molar-refractivity contribution >= 4 is 28.2 Å². The first-order chi connectivity index (χ1) is 12.7. The molecule has 0 N–H and O–H groups in total. The summed E-state index contributed by atoms with van der Waals surface area (Å²) in [6, 6.07) is 14.6. The van der Waals surface area contributed by atoms with Crippen LogP contribution in [0.1, 0.15) is 15.9 Å². The summed E-state index contributed by atoms with van der Waals surface area (Å²) in [4.78, 5) is 17.2. The molecule has 1 fully saturated rings. The van der Waals surface area contributed by atoms with Crippen LogP contribution in [-0.4, -0.2) is 36.8 Å². The number of nitrogens with zero attached hydrogens (tertiary/aromatic N) is 3. The van der Waals surface area contributed by atoms with E-state index in [4.69, 9.17) is 4.74 Å². The van der Waals surface area contributed by atoms with Crippen molar-refractivity contribution < 1.29 is 9.53 Å². The lowest BCUT2D eigenvalue weighted by molar-refractivity contribution is 0.0996. The fourth-order valence-corrected chi connectivity index (χ4v) is 3.93. The van der Waals surface area contributed by atoms with Crippen LogP contribution in [0.4, 0.5) is 11.4 Å². The number of morpholine rings is 1. The van der Waals surface area contributed by atoms with Gasteiger partial charge in [0.1, 0.15) is 0 Å². The molecule has 0 aliphatic carbocycles. The van der Waals surface area contributed by atoms with Crippen molar-refractivity contribution in [2.24, 2.45) is 7.05 Å². The lowest BCUT2D eigenvalue weighted by Crippen LogP contribution is -2.36. The highest BCUT2D eigenvalue weighted by Crippen LogP contribution is 2.32. The van der Waals surface area contributed by atoms with Gasteiger partial charge in [-0.1, -0.05) is 12.1 Å². The van der Waals surface area contributed by atoms with Crippen LogP contribution in [0.15, 0.2) is 48.7 Å². The first kappa shape index (κ1) is 15.5. The summed E-state index contributed by atoms with van der Waals surface area (Å²) in [5.74, 6) is 0.0867. The number of aryl methyl sites for hydroxylation is 1. The zero-order valence-electron chi connectivity index (χ0n) is 14.8. The van der Waals surface area contributed by atoms with Crippen LogP contribution in [0.2, 0.25) is 0 Å². The van der Waals surface area contributed by atoms with E-state index in [2.05, 4.69) is 39.8 Å². The highest BCUT2D eigenvalue weighted by molar-refractivity contribution is 6.11. The minimum Gasteiger partial charge on any atom is -0.378 e. The second-order valence-corrected chi connectivity index (χ2v) is 7.00. The molecule has 5 heteroatoms. The minimum atomic E-state index is 0.0867. The molecule has 0 saturated carbocycles. The Morgan fingerprint density at radius 3 is 2.62 bits per heavy atom. The number of hydrogen-bond donors (Lipinski definition) is 0. The average molecular weight is 347 g/mol. The van der Waals surface area contributed by atoms with Gasteiger partial charge in [0.15, 0.2) is 0 Å². The number of amides is 1. The summed E-state index contributed by atoms with van der Waals surface area (Å²) >= 11 is 0. The molecule has 26 heavy (non-hydrogen) atoms. The van der Waals surface area contributed by atoms with E-state index >= 15 is 0 Å². The Morgan fingerprint density at radius 1 is 0.962 bits per heavy atom. The van der Waals surface area contributed by atoms with E-state index in [1.165, 1.54) is 5.39 Å². The number of aromatic nitrogens is 1. The molecular weight excluding hydrogens is 326 g/mol. The molecule has 132 valence electrons. The highest BCUT2D eigenvalue weighted by Gasteiger charge is 2.29. The number of fused-ring (bicyclic) bond motifs is 2. The minimum absolute atomic E-state index is 0.0867. The summed E-state index contributed by atoms with van der Waals surface area (Å²) < 4.78 is 7.52. The van der Waals surface area contributed by atoms with Crippen molar-refractivity contribution in [1.29, 1.82) is 0 Å². The quantitative estimate of drug-likeness (QED) is 0.715. The molecule has 0 spiro atoms. The summed E-state index contributed by atoms with van der Waals surface area (Å²) in [6.07, 6.45) is 2.05. The van der Waals surface area contributed by atoms with Crippen molar-refractivity contribution in [3.05, 3.63) is 59.8 Å². The largest absolute Gasteiger partial charge is 0.378 e. The van der Waals surface area contributed by atoms with Gasteiger partial charge in [0.25, 0.3) is 5.91 Å². The fourth-order valence-electron chi connectivity index (χ4n) is 3.93. The number of carbonyl (C=O) groups is 1. The molecule has 5 rings (SSSR count). The molecule has 0 bridgehead atoms. The van der Waals surface area contributed by atoms with Crippen LogP contribution < -0.4 is 9.80 Å². The average Bonchev–Trinajstić information content (AvgIpc) is 3.22. The molecule has 0 atom stereocenters. The summed E-state index contributed by atoms with van der Waals surface area (Å²) in [5, 5.41) is 1.19. The Labute approximate surface area is 152 Å². The van der Waals surface area contributed by atoms with Crippen LogP contribution >= 0.6 is 0 Å². The molecule has 1 aromatic heterocycles. The van der Waals surface area contributed by atoms with Crippen molar-refractivity contribution in [3.63, 3.8) is 0 Å². The van der Waals surface area contributed by atoms with Crippen LogP contribution in [-0.2, 0) is 18.3 Å². The molecule has 3 heterocycles. The molecule has 2 aliphatic rings. The number of benzene rings is 2. The van der Waals surface area contributed by atoms with E-state index in [1.54, 1.807) is 0 Å². The van der Waals surface area contributed by atoms with Gasteiger partial charge in [-0.15, -0.1) is 0 Å². The number of carbonyl (C=O) groups excluding carboxylic acids is 1. The van der Waals surface area contributed by atoms with Crippen molar-refractivity contribution in [2.45, 2.75) is 6.54 Å². The standard InChI is InChI=1S/C21H21N3O2/c1-22-7-6-15-2-5-18(13-20(15)22)24-14-16-3-4-17(12-19(16)21(24)25)23-8-10-26-11-9-23/h2-7,12-13H,8-11,14H2,1H3. The maximum Gasteiger partial charge on any atom is 0.259 e. The van der Waals surface area contributed by atoms with Gasteiger partial charge >= 0.3 is 0 Å². The first-order valence-corrected chi connectivity index (χ1v) is 9.03. The topological polar surface area (TPSA) is 37.7 Å². The molecule has 2 aromatic carbocycles. The predicted octanol–water partition coefficient (Wildman–Crippen LogP) is 3.18. The second kappa shape index (κ2) is 5.88. The SMILES string of the molecule is Cn1ccc2ccc(N3Cc4ccc(N5CCOCC5)cc4C3=O)cc21. The van der Waals surface area contributed by atoms with E-state index in [9.17, 15) is 4.79 Å². The number of rotatable bonds is 2. The number of hydrogen-bond acceptors (Lipinski definition) is 3. The van der Waals surface area contributed by atoms with Gasteiger partial charge in [-0.2, -0.15) is 0 Å². The van der Waals surface area contributed by atoms with E-state index in [0.29, 0.717) is 6.54 Å². The van der Waals surface area contributed by atoms with Gasteiger partial charge in [-0.05, 0) is 41.3 Å². The van der Waals surface area contributed by atoms with Gasteiger partial charge in [0.05, 0.1) is 19.8 Å². The molecule has 5 nitrogen and oxygen atoms in total. The molecular formula is C21H21N3O2. The Hall–Kier alpha value is -2.79. The third kappa shape index (κ3) is 2.39. The first-order valence-electron chi connectivity index (χ1n) is 9.03. The van der Waals surface area contributed by atoms with Crippen LogP contribution in [0.25, 0.3) is 10.9 Å². The molecule has 0 radical (unpaired) electrons. The lowest BCUT2D eigenvalue weighted by Gasteiger charge is -2.29. The fraction of sp³-hybridized carbons (Fsp3) is 0.286. The summed E-state index contributed by atoms with van der Waals surface area (Å²) in [5.41, 5.74) is 5.12. The van der Waals surface area contributed by atoms with Gasteiger partial charge in [0.2, 0.25) is 0 Å². The maximum absolute atomic E-state index is 13.1. The van der Waals surface area contributed by atoms with E-state index in [1.807, 2.05) is 30.3 Å². The smallest absolute Gasteiger partial charge is 0.259 e.